The molecule has 1 N–H and O–H groups in total. The first kappa shape index (κ1) is 12.0. The van der Waals surface area contributed by atoms with E-state index < -0.39 is 0 Å². The predicted molar refractivity (Wildman–Crippen MR) is 57.5 cm³/mol. The first-order chi connectivity index (χ1) is 6.70. The zero-order valence-corrected chi connectivity index (χ0v) is 9.64. The van der Waals surface area contributed by atoms with Crippen LogP contribution in [0.25, 0.3) is 0 Å². The van der Waals surface area contributed by atoms with Crippen molar-refractivity contribution in [3.63, 3.8) is 0 Å². The average Bonchev–Trinajstić information content (AvgIpc) is 2.27. The van der Waals surface area contributed by atoms with Crippen molar-refractivity contribution in [1.29, 1.82) is 0 Å². The molecule has 0 aromatic heterocycles. The van der Waals surface area contributed by atoms with Gasteiger partial charge in [0.25, 0.3) is 0 Å². The van der Waals surface area contributed by atoms with Crippen molar-refractivity contribution in [3.05, 3.63) is 0 Å². The van der Waals surface area contributed by atoms with E-state index in [2.05, 4.69) is 26.1 Å². The molecule has 1 saturated heterocycles. The summed E-state index contributed by atoms with van der Waals surface area (Å²) < 4.78 is 10.9. The second-order valence-electron chi connectivity index (χ2n) is 4.22. The van der Waals surface area contributed by atoms with E-state index in [4.69, 9.17) is 9.47 Å². The van der Waals surface area contributed by atoms with Gasteiger partial charge in [0.2, 0.25) is 0 Å². The van der Waals surface area contributed by atoms with E-state index in [0.717, 1.165) is 39.2 Å². The summed E-state index contributed by atoms with van der Waals surface area (Å²) in [6, 6.07) is 0. The monoisotopic (exact) mass is 201 g/mol. The summed E-state index contributed by atoms with van der Waals surface area (Å²) in [6.45, 7) is 9.81. The van der Waals surface area contributed by atoms with Gasteiger partial charge in [0.1, 0.15) is 0 Å². The predicted octanol–water partition coefficient (Wildman–Crippen LogP) is 1.57. The van der Waals surface area contributed by atoms with E-state index in [0.29, 0.717) is 0 Å². The van der Waals surface area contributed by atoms with Crippen molar-refractivity contribution < 1.29 is 9.47 Å². The maximum Gasteiger partial charge on any atom is 0.0933 e. The first-order valence-electron chi connectivity index (χ1n) is 5.64. The minimum atomic E-state index is 0.237. The molecule has 1 aliphatic heterocycles. The molecule has 1 atom stereocenters. The van der Waals surface area contributed by atoms with Crippen LogP contribution in [0.5, 0.6) is 0 Å². The van der Waals surface area contributed by atoms with Crippen LogP contribution in [-0.2, 0) is 9.47 Å². The van der Waals surface area contributed by atoms with Crippen LogP contribution >= 0.6 is 0 Å². The van der Waals surface area contributed by atoms with Crippen molar-refractivity contribution in [2.75, 3.05) is 26.4 Å². The van der Waals surface area contributed by atoms with Crippen LogP contribution in [0.4, 0.5) is 0 Å². The highest BCUT2D eigenvalue weighted by Gasteiger charge is 2.21. The Kier molecular flexibility index (Phi) is 4.85. The smallest absolute Gasteiger partial charge is 0.0933 e. The Morgan fingerprint density at radius 3 is 2.50 bits per heavy atom. The molecule has 1 heterocycles. The molecule has 3 heteroatoms. The summed E-state index contributed by atoms with van der Waals surface area (Å²) in [7, 11) is 0. The second-order valence-corrected chi connectivity index (χ2v) is 4.22. The van der Waals surface area contributed by atoms with Crippen molar-refractivity contribution in [3.8, 4) is 0 Å². The van der Waals surface area contributed by atoms with Crippen LogP contribution in [0.15, 0.2) is 0 Å². The van der Waals surface area contributed by atoms with Gasteiger partial charge in [0.05, 0.1) is 25.9 Å². The molecule has 14 heavy (non-hydrogen) atoms. The van der Waals surface area contributed by atoms with Crippen LogP contribution < -0.4 is 5.32 Å². The molecule has 3 nitrogen and oxygen atoms in total. The van der Waals surface area contributed by atoms with Crippen molar-refractivity contribution in [1.82, 2.24) is 5.32 Å². The minimum absolute atomic E-state index is 0.237. The van der Waals surface area contributed by atoms with Crippen molar-refractivity contribution in [2.45, 2.75) is 45.3 Å². The van der Waals surface area contributed by atoms with Gasteiger partial charge in [-0.2, -0.15) is 0 Å². The van der Waals surface area contributed by atoms with Gasteiger partial charge in [-0.1, -0.05) is 13.8 Å². The number of ether oxygens (including phenoxy) is 2. The Morgan fingerprint density at radius 2 is 2.00 bits per heavy atom. The normalized spacial score (nSPS) is 23.8. The first-order valence-corrected chi connectivity index (χ1v) is 5.64. The number of rotatable bonds is 5. The Labute approximate surface area is 87.2 Å². The molecule has 0 spiro atoms. The quantitative estimate of drug-likeness (QED) is 0.732. The second kappa shape index (κ2) is 5.69. The molecule has 1 unspecified atom stereocenters. The van der Waals surface area contributed by atoms with Crippen LogP contribution in [0.3, 0.4) is 0 Å². The summed E-state index contributed by atoms with van der Waals surface area (Å²) >= 11 is 0. The highest BCUT2D eigenvalue weighted by atomic mass is 16.6. The van der Waals surface area contributed by atoms with E-state index in [-0.39, 0.29) is 11.6 Å². The summed E-state index contributed by atoms with van der Waals surface area (Å²) in [4.78, 5) is 0. The van der Waals surface area contributed by atoms with Gasteiger partial charge in [-0.25, -0.2) is 0 Å². The molecule has 0 aromatic carbocycles. The Morgan fingerprint density at radius 1 is 1.29 bits per heavy atom. The molecular formula is C11H23NO2. The molecule has 1 aliphatic rings. The zero-order valence-electron chi connectivity index (χ0n) is 9.64. The van der Waals surface area contributed by atoms with Crippen LogP contribution in [0, 0.1) is 0 Å². The summed E-state index contributed by atoms with van der Waals surface area (Å²) in [6.07, 6.45) is 2.54. The molecule has 0 amide bonds. The van der Waals surface area contributed by atoms with Gasteiger partial charge < -0.3 is 14.8 Å². The average molecular weight is 201 g/mol. The molecule has 0 aromatic rings. The summed E-state index contributed by atoms with van der Waals surface area (Å²) in [5, 5.41) is 3.56. The largest absolute Gasteiger partial charge is 0.376 e. The van der Waals surface area contributed by atoms with Crippen molar-refractivity contribution in [2.24, 2.45) is 0 Å². The highest BCUT2D eigenvalue weighted by Crippen LogP contribution is 2.13. The summed E-state index contributed by atoms with van der Waals surface area (Å²) in [5.41, 5.74) is 0.251. The van der Waals surface area contributed by atoms with E-state index in [9.17, 15) is 0 Å². The van der Waals surface area contributed by atoms with Crippen LogP contribution in [0.2, 0.25) is 0 Å². The Balaban J connectivity index is 2.23. The van der Waals surface area contributed by atoms with E-state index in [1.54, 1.807) is 0 Å². The maximum absolute atomic E-state index is 5.57. The van der Waals surface area contributed by atoms with Gasteiger partial charge in [-0.15, -0.1) is 0 Å². The maximum atomic E-state index is 5.57. The third-order valence-corrected chi connectivity index (χ3v) is 3.20. The lowest BCUT2D eigenvalue weighted by Crippen LogP contribution is -2.47. The van der Waals surface area contributed by atoms with Crippen LogP contribution in [-0.4, -0.2) is 38.0 Å². The molecule has 0 bridgehead atoms. The van der Waals surface area contributed by atoms with E-state index in [1.165, 1.54) is 0 Å². The molecule has 0 radical (unpaired) electrons. The standard InChI is InChI=1S/C11H23NO2/c1-4-11(3,5-2)12-8-10-9-13-6-7-14-10/h10,12H,4-9H2,1-3H3. The fraction of sp³-hybridized carbons (Fsp3) is 1.00. The fourth-order valence-corrected chi connectivity index (χ4v) is 1.51. The molecule has 0 saturated carbocycles. The zero-order chi connectivity index (χ0) is 10.4. The van der Waals surface area contributed by atoms with E-state index >= 15 is 0 Å². The van der Waals surface area contributed by atoms with Crippen LogP contribution in [0.1, 0.15) is 33.6 Å². The summed E-state index contributed by atoms with van der Waals surface area (Å²) in [5.74, 6) is 0. The Hall–Kier alpha value is -0.120. The van der Waals surface area contributed by atoms with E-state index in [1.807, 2.05) is 0 Å². The fourth-order valence-electron chi connectivity index (χ4n) is 1.51. The van der Waals surface area contributed by atoms with Crippen molar-refractivity contribution >= 4 is 0 Å². The minimum Gasteiger partial charge on any atom is -0.376 e. The van der Waals surface area contributed by atoms with Gasteiger partial charge in [-0.3, -0.25) is 0 Å². The molecule has 84 valence electrons. The molecule has 1 rings (SSSR count). The molecule has 1 fully saturated rings. The highest BCUT2D eigenvalue weighted by molar-refractivity contribution is 4.81. The number of nitrogens with one attached hydrogen (secondary N) is 1. The number of hydrogen-bond acceptors (Lipinski definition) is 3. The topological polar surface area (TPSA) is 30.5 Å². The SMILES string of the molecule is CCC(C)(CC)NCC1COCCO1. The lowest BCUT2D eigenvalue weighted by molar-refractivity contribution is -0.0883. The molecule has 0 aliphatic carbocycles. The number of hydrogen-bond donors (Lipinski definition) is 1. The van der Waals surface area contributed by atoms with Gasteiger partial charge in [0, 0.05) is 12.1 Å². The third-order valence-electron chi connectivity index (χ3n) is 3.20. The lowest BCUT2D eigenvalue weighted by Gasteiger charge is -2.32. The lowest BCUT2D eigenvalue weighted by atomic mass is 9.95. The Bertz CT molecular complexity index is 151. The molecular weight excluding hydrogens is 178 g/mol. The third kappa shape index (κ3) is 3.56. The van der Waals surface area contributed by atoms with Gasteiger partial charge in [-0.05, 0) is 19.8 Å². The van der Waals surface area contributed by atoms with Gasteiger partial charge in [0.15, 0.2) is 0 Å². The van der Waals surface area contributed by atoms with Gasteiger partial charge >= 0.3 is 0 Å².